The molecule has 1 aliphatic heterocycles. The van der Waals surface area contributed by atoms with E-state index in [9.17, 15) is 0 Å². The molecule has 1 aromatic heterocycles. The van der Waals surface area contributed by atoms with Gasteiger partial charge in [0.1, 0.15) is 0 Å². The predicted octanol–water partition coefficient (Wildman–Crippen LogP) is 2.05. The largest absolute Gasteiger partial charge is 0.490 e. The summed E-state index contributed by atoms with van der Waals surface area (Å²) in [4.78, 5) is 4.30. The summed E-state index contributed by atoms with van der Waals surface area (Å²) >= 11 is 0. The molecular weight excluding hydrogens is 164 g/mol. The fourth-order valence-electron chi connectivity index (χ4n) is 1.54. The van der Waals surface area contributed by atoms with Gasteiger partial charge in [-0.15, -0.1) is 0 Å². The Hall–Kier alpha value is -1.25. The third-order valence-electron chi connectivity index (χ3n) is 2.16. The van der Waals surface area contributed by atoms with Crippen molar-refractivity contribution in [2.24, 2.45) is 0 Å². The van der Waals surface area contributed by atoms with Crippen molar-refractivity contribution in [3.63, 3.8) is 0 Å². The summed E-state index contributed by atoms with van der Waals surface area (Å²) in [6.45, 7) is 5.91. The summed E-state index contributed by atoms with van der Waals surface area (Å²) in [6.07, 6.45) is 4.89. The molecule has 0 unspecified atom stereocenters. The van der Waals surface area contributed by atoms with Gasteiger partial charge in [0, 0.05) is 18.9 Å². The van der Waals surface area contributed by atoms with E-state index in [0.717, 1.165) is 31.2 Å². The van der Waals surface area contributed by atoms with Crippen molar-refractivity contribution in [2.75, 3.05) is 6.61 Å². The zero-order valence-corrected chi connectivity index (χ0v) is 8.08. The molecule has 70 valence electrons. The minimum atomic E-state index is 0.796. The average Bonchev–Trinajstić information content (AvgIpc) is 2.44. The Balaban J connectivity index is 2.48. The zero-order chi connectivity index (χ0) is 9.26. The maximum Gasteiger partial charge on any atom is 0.175 e. The van der Waals surface area contributed by atoms with Gasteiger partial charge >= 0.3 is 0 Å². The van der Waals surface area contributed by atoms with Crippen molar-refractivity contribution < 1.29 is 4.74 Å². The highest BCUT2D eigenvalue weighted by molar-refractivity contribution is 5.56. The predicted molar refractivity (Wildman–Crippen MR) is 51.1 cm³/mol. The van der Waals surface area contributed by atoms with E-state index in [-0.39, 0.29) is 0 Å². The molecule has 1 aromatic rings. The first kappa shape index (κ1) is 8.35. The van der Waals surface area contributed by atoms with Gasteiger partial charge in [-0.25, -0.2) is 4.98 Å². The Kier molecular flexibility index (Phi) is 2.08. The molecule has 0 atom stereocenters. The molecule has 3 heteroatoms. The van der Waals surface area contributed by atoms with Crippen LogP contribution in [0.4, 0.5) is 0 Å². The molecule has 3 nitrogen and oxygen atoms in total. The highest BCUT2D eigenvalue weighted by atomic mass is 16.5. The first-order valence-corrected chi connectivity index (χ1v) is 4.61. The van der Waals surface area contributed by atoms with Gasteiger partial charge in [0.05, 0.1) is 6.61 Å². The van der Waals surface area contributed by atoms with Crippen LogP contribution in [-0.4, -0.2) is 16.2 Å². The van der Waals surface area contributed by atoms with E-state index in [2.05, 4.69) is 23.4 Å². The number of ether oxygens (including phenoxy) is 1. The van der Waals surface area contributed by atoms with Gasteiger partial charge < -0.3 is 9.30 Å². The highest BCUT2D eigenvalue weighted by Crippen LogP contribution is 2.21. The molecule has 2 rings (SSSR count). The van der Waals surface area contributed by atoms with Gasteiger partial charge in [-0.1, -0.05) is 0 Å². The van der Waals surface area contributed by atoms with Crippen LogP contribution in [-0.2, 0) is 11.3 Å². The molecule has 0 aliphatic carbocycles. The van der Waals surface area contributed by atoms with E-state index in [0.29, 0.717) is 0 Å². The molecule has 1 aliphatic rings. The lowest BCUT2D eigenvalue weighted by Gasteiger charge is -2.07. The average molecular weight is 178 g/mol. The van der Waals surface area contributed by atoms with Crippen LogP contribution >= 0.6 is 0 Å². The second-order valence-electron chi connectivity index (χ2n) is 3.48. The highest BCUT2D eigenvalue weighted by Gasteiger charge is 2.14. The second kappa shape index (κ2) is 3.24. The summed E-state index contributed by atoms with van der Waals surface area (Å²) in [5, 5.41) is 0. The quantitative estimate of drug-likeness (QED) is 0.608. The first-order valence-electron chi connectivity index (χ1n) is 4.61. The third kappa shape index (κ3) is 1.46. The number of imidazole rings is 1. The molecule has 0 aromatic carbocycles. The van der Waals surface area contributed by atoms with Gasteiger partial charge in [-0.2, -0.15) is 0 Å². The van der Waals surface area contributed by atoms with Crippen LogP contribution in [0.15, 0.2) is 18.0 Å². The molecule has 0 radical (unpaired) electrons. The lowest BCUT2D eigenvalue weighted by atomic mass is 10.3. The SMILES string of the molecule is CC(C)=C1OCCCn2ccnc21. The van der Waals surface area contributed by atoms with E-state index in [1.54, 1.807) is 0 Å². The second-order valence-corrected chi connectivity index (χ2v) is 3.48. The molecule has 13 heavy (non-hydrogen) atoms. The molecule has 0 fully saturated rings. The maximum atomic E-state index is 5.65. The van der Waals surface area contributed by atoms with Crippen LogP contribution in [0.2, 0.25) is 0 Å². The summed E-state index contributed by atoms with van der Waals surface area (Å²) in [5.74, 6) is 1.92. The number of aromatic nitrogens is 2. The number of rotatable bonds is 0. The minimum absolute atomic E-state index is 0.796. The Morgan fingerprint density at radius 2 is 2.38 bits per heavy atom. The van der Waals surface area contributed by atoms with Crippen molar-refractivity contribution in [1.29, 1.82) is 0 Å². The van der Waals surface area contributed by atoms with Crippen molar-refractivity contribution in [1.82, 2.24) is 9.55 Å². The van der Waals surface area contributed by atoms with Crippen LogP contribution in [0.25, 0.3) is 5.76 Å². The number of fused-ring (bicyclic) bond motifs is 1. The summed E-state index contributed by atoms with van der Waals surface area (Å²) in [7, 11) is 0. The lowest BCUT2D eigenvalue weighted by Crippen LogP contribution is -1.99. The van der Waals surface area contributed by atoms with Crippen molar-refractivity contribution in [3.05, 3.63) is 23.8 Å². The van der Waals surface area contributed by atoms with Crippen molar-refractivity contribution in [2.45, 2.75) is 26.8 Å². The molecule has 0 saturated heterocycles. The van der Waals surface area contributed by atoms with Gasteiger partial charge in [-0.05, 0) is 25.8 Å². The monoisotopic (exact) mass is 178 g/mol. The Morgan fingerprint density at radius 3 is 3.15 bits per heavy atom. The minimum Gasteiger partial charge on any atom is -0.490 e. The summed E-state index contributed by atoms with van der Waals surface area (Å²) in [5.41, 5.74) is 1.19. The smallest absolute Gasteiger partial charge is 0.175 e. The molecule has 0 bridgehead atoms. The van der Waals surface area contributed by atoms with Crippen LogP contribution in [0.5, 0.6) is 0 Å². The van der Waals surface area contributed by atoms with Crippen LogP contribution < -0.4 is 0 Å². The van der Waals surface area contributed by atoms with Crippen molar-refractivity contribution >= 4 is 5.76 Å². The normalized spacial score (nSPS) is 16.0. The summed E-state index contributed by atoms with van der Waals surface area (Å²) in [6, 6.07) is 0. The molecule has 2 heterocycles. The lowest BCUT2D eigenvalue weighted by molar-refractivity contribution is 0.273. The van der Waals surface area contributed by atoms with E-state index in [4.69, 9.17) is 4.74 Å². The molecule has 0 saturated carbocycles. The van der Waals surface area contributed by atoms with E-state index in [1.807, 2.05) is 12.4 Å². The van der Waals surface area contributed by atoms with Crippen molar-refractivity contribution in [3.8, 4) is 0 Å². The Bertz CT molecular complexity index is 334. The maximum absolute atomic E-state index is 5.65. The van der Waals surface area contributed by atoms with Crippen LogP contribution in [0.1, 0.15) is 26.1 Å². The number of allylic oxidation sites excluding steroid dienone is 1. The van der Waals surface area contributed by atoms with Crippen LogP contribution in [0, 0.1) is 0 Å². The summed E-state index contributed by atoms with van der Waals surface area (Å²) < 4.78 is 7.79. The number of hydrogen-bond acceptors (Lipinski definition) is 2. The zero-order valence-electron chi connectivity index (χ0n) is 8.08. The van der Waals surface area contributed by atoms with E-state index < -0.39 is 0 Å². The topological polar surface area (TPSA) is 27.1 Å². The molecule has 0 amide bonds. The molecule has 0 spiro atoms. The Labute approximate surface area is 78.0 Å². The first-order chi connectivity index (χ1) is 6.29. The number of hydrogen-bond donors (Lipinski definition) is 0. The standard InChI is InChI=1S/C10H14N2O/c1-8(2)9-10-11-4-6-12(10)5-3-7-13-9/h4,6H,3,5,7H2,1-2H3. The van der Waals surface area contributed by atoms with E-state index >= 15 is 0 Å². The van der Waals surface area contributed by atoms with Gasteiger partial charge in [0.2, 0.25) is 0 Å². The van der Waals surface area contributed by atoms with E-state index in [1.165, 1.54) is 5.57 Å². The van der Waals surface area contributed by atoms with Crippen LogP contribution in [0.3, 0.4) is 0 Å². The molecular formula is C10H14N2O. The van der Waals surface area contributed by atoms with Gasteiger partial charge in [0.15, 0.2) is 11.6 Å². The van der Waals surface area contributed by atoms with Gasteiger partial charge in [-0.3, -0.25) is 0 Å². The number of aryl methyl sites for hydroxylation is 1. The van der Waals surface area contributed by atoms with Gasteiger partial charge in [0.25, 0.3) is 0 Å². The molecule has 0 N–H and O–H groups in total. The third-order valence-corrected chi connectivity index (χ3v) is 2.16. The Morgan fingerprint density at radius 1 is 1.54 bits per heavy atom. The fraction of sp³-hybridized carbons (Fsp3) is 0.500. The fourth-order valence-corrected chi connectivity index (χ4v) is 1.54. The number of nitrogens with zero attached hydrogens (tertiary/aromatic N) is 2.